The number of carbonyl (C=O) groups excluding carboxylic acids is 1. The first kappa shape index (κ1) is 17.4. The van der Waals surface area contributed by atoms with E-state index < -0.39 is 6.10 Å². The lowest BCUT2D eigenvalue weighted by molar-refractivity contribution is -0.133. The van der Waals surface area contributed by atoms with Gasteiger partial charge in [0.15, 0.2) is 0 Å². The van der Waals surface area contributed by atoms with Crippen molar-refractivity contribution in [3.63, 3.8) is 0 Å². The predicted molar refractivity (Wildman–Crippen MR) is 82.6 cm³/mol. The molecule has 0 aromatic carbocycles. The summed E-state index contributed by atoms with van der Waals surface area (Å²) in [5.74, 6) is 0.176. The van der Waals surface area contributed by atoms with E-state index in [1.165, 1.54) is 12.8 Å². The van der Waals surface area contributed by atoms with Gasteiger partial charge in [-0.25, -0.2) is 0 Å². The van der Waals surface area contributed by atoms with Crippen molar-refractivity contribution in [3.05, 3.63) is 0 Å². The van der Waals surface area contributed by atoms with Crippen LogP contribution in [0.5, 0.6) is 0 Å². The van der Waals surface area contributed by atoms with Gasteiger partial charge >= 0.3 is 0 Å². The summed E-state index contributed by atoms with van der Waals surface area (Å²) >= 11 is 0. The molecule has 1 aliphatic rings. The second-order valence-electron chi connectivity index (χ2n) is 7.29. The van der Waals surface area contributed by atoms with Gasteiger partial charge in [0.25, 0.3) is 0 Å². The third kappa shape index (κ3) is 6.71. The second kappa shape index (κ2) is 7.99. The minimum absolute atomic E-state index is 0.110. The van der Waals surface area contributed by atoms with Gasteiger partial charge in [0.2, 0.25) is 5.91 Å². The van der Waals surface area contributed by atoms with Gasteiger partial charge < -0.3 is 15.3 Å². The van der Waals surface area contributed by atoms with Gasteiger partial charge in [0.05, 0.1) is 12.1 Å². The van der Waals surface area contributed by atoms with E-state index in [-0.39, 0.29) is 17.4 Å². The lowest BCUT2D eigenvalue weighted by Gasteiger charge is -2.27. The molecule has 0 aromatic heterocycles. The number of aliphatic hydroxyl groups is 1. The Labute approximate surface area is 123 Å². The van der Waals surface area contributed by atoms with E-state index >= 15 is 0 Å². The van der Waals surface area contributed by atoms with Crippen molar-refractivity contribution in [1.29, 1.82) is 0 Å². The van der Waals surface area contributed by atoms with Crippen LogP contribution >= 0.6 is 0 Å². The summed E-state index contributed by atoms with van der Waals surface area (Å²) < 4.78 is 0. The summed E-state index contributed by atoms with van der Waals surface area (Å²) in [5, 5.41) is 13.2. The molecule has 4 nitrogen and oxygen atoms in total. The van der Waals surface area contributed by atoms with Crippen molar-refractivity contribution in [2.45, 2.75) is 71.9 Å². The minimum Gasteiger partial charge on any atom is -0.392 e. The van der Waals surface area contributed by atoms with Crippen molar-refractivity contribution in [2.24, 2.45) is 5.41 Å². The van der Waals surface area contributed by atoms with Crippen LogP contribution < -0.4 is 5.32 Å². The van der Waals surface area contributed by atoms with Crippen molar-refractivity contribution in [1.82, 2.24) is 10.2 Å². The molecule has 1 saturated heterocycles. The first-order valence-electron chi connectivity index (χ1n) is 8.00. The fourth-order valence-electron chi connectivity index (χ4n) is 2.74. The Morgan fingerprint density at radius 2 is 1.75 bits per heavy atom. The van der Waals surface area contributed by atoms with Crippen molar-refractivity contribution < 1.29 is 9.90 Å². The van der Waals surface area contributed by atoms with Crippen LogP contribution in [0.4, 0.5) is 0 Å². The molecule has 1 heterocycles. The normalized spacial score (nSPS) is 20.4. The Balaban J connectivity index is 2.33. The highest BCUT2D eigenvalue weighted by molar-refractivity contribution is 5.81. The minimum atomic E-state index is -0.394. The van der Waals surface area contributed by atoms with Crippen LogP contribution in [0.3, 0.4) is 0 Å². The molecule has 4 heteroatoms. The Kier molecular flexibility index (Phi) is 6.96. The molecular formula is C16H32N2O2. The molecule has 118 valence electrons. The van der Waals surface area contributed by atoms with Gasteiger partial charge in [0, 0.05) is 19.6 Å². The number of nitrogens with zero attached hydrogens (tertiary/aromatic N) is 1. The van der Waals surface area contributed by atoms with Crippen LogP contribution in [-0.2, 0) is 4.79 Å². The molecule has 0 spiro atoms. The lowest BCUT2D eigenvalue weighted by atomic mass is 9.89. The molecule has 1 amide bonds. The average molecular weight is 284 g/mol. The average Bonchev–Trinajstić information content (AvgIpc) is 2.61. The zero-order valence-corrected chi connectivity index (χ0v) is 13.6. The van der Waals surface area contributed by atoms with Crippen molar-refractivity contribution >= 4 is 5.91 Å². The third-order valence-corrected chi connectivity index (χ3v) is 3.80. The topological polar surface area (TPSA) is 52.6 Å². The third-order valence-electron chi connectivity index (χ3n) is 3.80. The quantitative estimate of drug-likeness (QED) is 0.813. The van der Waals surface area contributed by atoms with Crippen LogP contribution in [0.25, 0.3) is 0 Å². The molecule has 2 unspecified atom stereocenters. The number of carbonyl (C=O) groups is 1. The van der Waals surface area contributed by atoms with Crippen molar-refractivity contribution in [3.8, 4) is 0 Å². The maximum absolute atomic E-state index is 12.3. The standard InChI is InChI=1S/C16H32N2O2/c1-13(17-12-14(19)11-16(2,3)4)15(20)18-9-7-5-6-8-10-18/h13-14,17,19H,5-12H2,1-4H3. The first-order valence-corrected chi connectivity index (χ1v) is 8.00. The zero-order chi connectivity index (χ0) is 15.2. The molecule has 20 heavy (non-hydrogen) atoms. The van der Waals surface area contributed by atoms with E-state index in [9.17, 15) is 9.90 Å². The summed E-state index contributed by atoms with van der Waals surface area (Å²) in [7, 11) is 0. The number of likely N-dealkylation sites (tertiary alicyclic amines) is 1. The maximum atomic E-state index is 12.3. The number of aliphatic hydroxyl groups excluding tert-OH is 1. The predicted octanol–water partition coefficient (Wildman–Crippen LogP) is 2.16. The van der Waals surface area contributed by atoms with E-state index in [2.05, 4.69) is 26.1 Å². The smallest absolute Gasteiger partial charge is 0.239 e. The second-order valence-corrected chi connectivity index (χ2v) is 7.29. The van der Waals surface area contributed by atoms with Gasteiger partial charge in [0.1, 0.15) is 0 Å². The number of nitrogens with one attached hydrogen (secondary N) is 1. The van der Waals surface area contributed by atoms with E-state index in [4.69, 9.17) is 0 Å². The Morgan fingerprint density at radius 1 is 1.20 bits per heavy atom. The fraction of sp³-hybridized carbons (Fsp3) is 0.938. The molecule has 2 atom stereocenters. The Bertz CT molecular complexity index is 291. The van der Waals surface area contributed by atoms with E-state index in [1.807, 2.05) is 11.8 Å². The van der Waals surface area contributed by atoms with Crippen LogP contribution in [0.2, 0.25) is 0 Å². The highest BCUT2D eigenvalue weighted by Crippen LogP contribution is 2.20. The summed E-state index contributed by atoms with van der Waals surface area (Å²) in [5.41, 5.74) is 0.110. The Morgan fingerprint density at radius 3 is 2.25 bits per heavy atom. The number of hydrogen-bond donors (Lipinski definition) is 2. The molecule has 0 radical (unpaired) electrons. The Hall–Kier alpha value is -0.610. The van der Waals surface area contributed by atoms with Gasteiger partial charge in [-0.3, -0.25) is 4.79 Å². The van der Waals surface area contributed by atoms with Crippen molar-refractivity contribution in [2.75, 3.05) is 19.6 Å². The molecule has 1 aliphatic heterocycles. The highest BCUT2D eigenvalue weighted by atomic mass is 16.3. The lowest BCUT2D eigenvalue weighted by Crippen LogP contribution is -2.47. The summed E-state index contributed by atoms with van der Waals surface area (Å²) in [6, 6.07) is -0.206. The number of hydrogen-bond acceptors (Lipinski definition) is 3. The molecular weight excluding hydrogens is 252 g/mol. The van der Waals surface area contributed by atoms with Crippen LogP contribution in [0, 0.1) is 5.41 Å². The SMILES string of the molecule is CC(NCC(O)CC(C)(C)C)C(=O)N1CCCCCC1. The van der Waals surface area contributed by atoms with E-state index in [0.29, 0.717) is 6.54 Å². The summed E-state index contributed by atoms with van der Waals surface area (Å²) in [4.78, 5) is 14.3. The first-order chi connectivity index (χ1) is 9.29. The summed E-state index contributed by atoms with van der Waals surface area (Å²) in [6.45, 7) is 10.5. The molecule has 2 N–H and O–H groups in total. The summed E-state index contributed by atoms with van der Waals surface area (Å²) in [6.07, 6.45) is 5.04. The highest BCUT2D eigenvalue weighted by Gasteiger charge is 2.22. The van der Waals surface area contributed by atoms with Gasteiger partial charge in [-0.1, -0.05) is 33.6 Å². The monoisotopic (exact) mass is 284 g/mol. The van der Waals surface area contributed by atoms with Crippen LogP contribution in [0.1, 0.15) is 59.8 Å². The van der Waals surface area contributed by atoms with E-state index in [1.54, 1.807) is 0 Å². The molecule has 0 bridgehead atoms. The fourth-order valence-corrected chi connectivity index (χ4v) is 2.74. The molecule has 0 aliphatic carbocycles. The van der Waals surface area contributed by atoms with E-state index in [0.717, 1.165) is 32.4 Å². The molecule has 1 fully saturated rings. The molecule has 0 saturated carbocycles. The zero-order valence-electron chi connectivity index (χ0n) is 13.6. The number of amides is 1. The largest absolute Gasteiger partial charge is 0.392 e. The van der Waals surface area contributed by atoms with Gasteiger partial charge in [-0.15, -0.1) is 0 Å². The van der Waals surface area contributed by atoms with Gasteiger partial charge in [-0.05, 0) is 31.6 Å². The number of rotatable bonds is 5. The van der Waals surface area contributed by atoms with Gasteiger partial charge in [-0.2, -0.15) is 0 Å². The maximum Gasteiger partial charge on any atom is 0.239 e. The van der Waals surface area contributed by atoms with Crippen LogP contribution in [-0.4, -0.2) is 47.7 Å². The molecule has 1 rings (SSSR count). The molecule has 0 aromatic rings. The van der Waals surface area contributed by atoms with Crippen LogP contribution in [0.15, 0.2) is 0 Å².